The average Bonchev–Trinajstić information content (AvgIpc) is 2.31. The quantitative estimate of drug-likeness (QED) is 0.821. The van der Waals surface area contributed by atoms with Gasteiger partial charge in [-0.2, -0.15) is 0 Å². The molecular formula is C11H11N3O. The van der Waals surface area contributed by atoms with Crippen LogP contribution in [0.15, 0.2) is 42.9 Å². The summed E-state index contributed by atoms with van der Waals surface area (Å²) in [5.74, 6) is 1.21. The Balaban J connectivity index is 2.11. The van der Waals surface area contributed by atoms with Crippen molar-refractivity contribution < 1.29 is 4.74 Å². The van der Waals surface area contributed by atoms with E-state index < -0.39 is 0 Å². The number of hydrogen-bond donors (Lipinski definition) is 1. The second kappa shape index (κ2) is 4.52. The van der Waals surface area contributed by atoms with Gasteiger partial charge in [-0.1, -0.05) is 6.07 Å². The Morgan fingerprint density at radius 2 is 2.13 bits per heavy atom. The lowest BCUT2D eigenvalue weighted by Gasteiger charge is -2.03. The molecular weight excluding hydrogens is 190 g/mol. The van der Waals surface area contributed by atoms with E-state index in [0.29, 0.717) is 18.2 Å². The van der Waals surface area contributed by atoms with Crippen molar-refractivity contribution in [3.05, 3.63) is 48.4 Å². The van der Waals surface area contributed by atoms with Gasteiger partial charge >= 0.3 is 0 Å². The van der Waals surface area contributed by atoms with Crippen molar-refractivity contribution in [1.29, 1.82) is 0 Å². The summed E-state index contributed by atoms with van der Waals surface area (Å²) in [6.45, 7) is 0.486. The Hall–Kier alpha value is -1.94. The third-order valence-electron chi connectivity index (χ3n) is 1.89. The normalized spacial score (nSPS) is 9.93. The third-order valence-corrected chi connectivity index (χ3v) is 1.89. The topological polar surface area (TPSA) is 61.0 Å². The first-order chi connectivity index (χ1) is 7.38. The lowest BCUT2D eigenvalue weighted by atomic mass is 10.3. The zero-order chi connectivity index (χ0) is 10.5. The Bertz CT molecular complexity index is 414. The van der Waals surface area contributed by atoms with Crippen molar-refractivity contribution >= 4 is 0 Å². The highest BCUT2D eigenvalue weighted by molar-refractivity contribution is 5.24. The molecule has 4 heteroatoms. The maximum Gasteiger partial charge on any atom is 0.219 e. The molecule has 2 rings (SSSR count). The molecule has 0 fully saturated rings. The molecule has 0 saturated carbocycles. The minimum atomic E-state index is 0.486. The van der Waals surface area contributed by atoms with E-state index >= 15 is 0 Å². The highest BCUT2D eigenvalue weighted by Gasteiger charge is 1.97. The summed E-state index contributed by atoms with van der Waals surface area (Å²) in [7, 11) is 0. The van der Waals surface area contributed by atoms with Gasteiger partial charge in [0.25, 0.3) is 0 Å². The van der Waals surface area contributed by atoms with Gasteiger partial charge < -0.3 is 10.5 Å². The van der Waals surface area contributed by atoms with Gasteiger partial charge in [-0.15, -0.1) is 0 Å². The van der Waals surface area contributed by atoms with Gasteiger partial charge in [-0.3, -0.25) is 4.98 Å². The average molecular weight is 201 g/mol. The Morgan fingerprint density at radius 1 is 1.20 bits per heavy atom. The van der Waals surface area contributed by atoms with Crippen LogP contribution in [0, 0.1) is 0 Å². The predicted octanol–water partition coefficient (Wildman–Crippen LogP) is 1.73. The van der Waals surface area contributed by atoms with Gasteiger partial charge in [0.1, 0.15) is 5.75 Å². The molecule has 0 spiro atoms. The molecule has 2 aromatic rings. The molecule has 0 aliphatic carbocycles. The molecule has 0 atom stereocenters. The monoisotopic (exact) mass is 201 g/mol. The van der Waals surface area contributed by atoms with Crippen LogP contribution in [-0.2, 0) is 6.54 Å². The van der Waals surface area contributed by atoms with Crippen LogP contribution in [0.5, 0.6) is 11.6 Å². The van der Waals surface area contributed by atoms with Crippen LogP contribution in [0.4, 0.5) is 0 Å². The van der Waals surface area contributed by atoms with E-state index in [1.54, 1.807) is 24.7 Å². The number of aromatic nitrogens is 2. The van der Waals surface area contributed by atoms with Crippen LogP contribution in [-0.4, -0.2) is 9.97 Å². The minimum absolute atomic E-state index is 0.486. The predicted molar refractivity (Wildman–Crippen MR) is 56.4 cm³/mol. The Labute approximate surface area is 87.7 Å². The first-order valence-electron chi connectivity index (χ1n) is 4.61. The van der Waals surface area contributed by atoms with E-state index in [1.165, 1.54) is 0 Å². The van der Waals surface area contributed by atoms with E-state index in [0.717, 1.165) is 5.56 Å². The van der Waals surface area contributed by atoms with E-state index in [4.69, 9.17) is 10.5 Å². The molecule has 0 aliphatic heterocycles. The van der Waals surface area contributed by atoms with Crippen molar-refractivity contribution in [3.63, 3.8) is 0 Å². The fraction of sp³-hybridized carbons (Fsp3) is 0.0909. The van der Waals surface area contributed by atoms with E-state index in [2.05, 4.69) is 9.97 Å². The van der Waals surface area contributed by atoms with Crippen molar-refractivity contribution in [2.24, 2.45) is 5.73 Å². The summed E-state index contributed by atoms with van der Waals surface area (Å²) in [5, 5.41) is 0. The first kappa shape index (κ1) is 9.61. The summed E-state index contributed by atoms with van der Waals surface area (Å²) in [5.41, 5.74) is 6.44. The number of nitrogens with two attached hydrogens (primary N) is 1. The molecule has 2 heterocycles. The van der Waals surface area contributed by atoms with Gasteiger partial charge in [0.05, 0.1) is 6.20 Å². The van der Waals surface area contributed by atoms with Gasteiger partial charge in [-0.05, 0) is 17.7 Å². The fourth-order valence-corrected chi connectivity index (χ4v) is 1.12. The summed E-state index contributed by atoms with van der Waals surface area (Å²) >= 11 is 0. The van der Waals surface area contributed by atoms with Crippen LogP contribution in [0.25, 0.3) is 0 Å². The zero-order valence-corrected chi connectivity index (χ0v) is 8.13. The maximum atomic E-state index is 5.46. The van der Waals surface area contributed by atoms with Gasteiger partial charge in [0, 0.05) is 25.0 Å². The van der Waals surface area contributed by atoms with Gasteiger partial charge in [0.15, 0.2) is 0 Å². The minimum Gasteiger partial charge on any atom is -0.437 e. The largest absolute Gasteiger partial charge is 0.437 e. The van der Waals surface area contributed by atoms with Crippen molar-refractivity contribution in [3.8, 4) is 11.6 Å². The summed E-state index contributed by atoms with van der Waals surface area (Å²) < 4.78 is 5.46. The molecule has 76 valence electrons. The van der Waals surface area contributed by atoms with Gasteiger partial charge in [-0.25, -0.2) is 4.98 Å². The van der Waals surface area contributed by atoms with Crippen molar-refractivity contribution in [1.82, 2.24) is 9.97 Å². The number of ether oxygens (including phenoxy) is 1. The molecule has 0 radical (unpaired) electrons. The summed E-state index contributed by atoms with van der Waals surface area (Å²) in [4.78, 5) is 8.06. The number of rotatable bonds is 3. The number of hydrogen-bond acceptors (Lipinski definition) is 4. The molecule has 0 saturated heterocycles. The van der Waals surface area contributed by atoms with Crippen molar-refractivity contribution in [2.75, 3.05) is 0 Å². The lowest BCUT2D eigenvalue weighted by molar-refractivity contribution is 0.460. The maximum absolute atomic E-state index is 5.46. The molecule has 0 aromatic carbocycles. The summed E-state index contributed by atoms with van der Waals surface area (Å²) in [6.07, 6.45) is 5.03. The molecule has 15 heavy (non-hydrogen) atoms. The van der Waals surface area contributed by atoms with Gasteiger partial charge in [0.2, 0.25) is 5.88 Å². The Kier molecular flexibility index (Phi) is 2.90. The number of pyridine rings is 2. The molecule has 0 bridgehead atoms. The zero-order valence-electron chi connectivity index (χ0n) is 8.13. The van der Waals surface area contributed by atoms with Crippen LogP contribution < -0.4 is 10.5 Å². The second-order valence-electron chi connectivity index (χ2n) is 3.00. The SMILES string of the molecule is NCc1ccc(Oc2cccnc2)nc1. The van der Waals surface area contributed by atoms with Crippen LogP contribution in [0.3, 0.4) is 0 Å². The standard InChI is InChI=1S/C11H11N3O/c12-6-9-3-4-11(14-7-9)15-10-2-1-5-13-8-10/h1-5,7-8H,6,12H2. The molecule has 2 aromatic heterocycles. The van der Waals surface area contributed by atoms with Crippen LogP contribution in [0.2, 0.25) is 0 Å². The molecule has 0 amide bonds. The third kappa shape index (κ3) is 2.51. The second-order valence-corrected chi connectivity index (χ2v) is 3.00. The van der Waals surface area contributed by atoms with E-state index in [9.17, 15) is 0 Å². The fourth-order valence-electron chi connectivity index (χ4n) is 1.12. The highest BCUT2D eigenvalue weighted by Crippen LogP contribution is 2.17. The van der Waals surface area contributed by atoms with E-state index in [1.807, 2.05) is 18.2 Å². The highest BCUT2D eigenvalue weighted by atomic mass is 16.5. The summed E-state index contributed by atoms with van der Waals surface area (Å²) in [6, 6.07) is 7.31. The molecule has 0 aliphatic rings. The lowest BCUT2D eigenvalue weighted by Crippen LogP contribution is -1.97. The molecule has 0 unspecified atom stereocenters. The molecule has 2 N–H and O–H groups in total. The van der Waals surface area contributed by atoms with E-state index in [-0.39, 0.29) is 0 Å². The van der Waals surface area contributed by atoms with Crippen LogP contribution >= 0.6 is 0 Å². The van der Waals surface area contributed by atoms with Crippen LogP contribution in [0.1, 0.15) is 5.56 Å². The Morgan fingerprint density at radius 3 is 2.73 bits per heavy atom. The smallest absolute Gasteiger partial charge is 0.219 e. The molecule has 4 nitrogen and oxygen atoms in total. The number of nitrogens with zero attached hydrogens (tertiary/aromatic N) is 2. The first-order valence-corrected chi connectivity index (χ1v) is 4.61. The van der Waals surface area contributed by atoms with Crippen molar-refractivity contribution in [2.45, 2.75) is 6.54 Å².